The molecule has 0 N–H and O–H groups in total. The number of nitrogens with zero attached hydrogens (tertiary/aromatic N) is 4. The maximum atomic E-state index is 4.66. The van der Waals surface area contributed by atoms with Crippen LogP contribution in [0.2, 0.25) is 0 Å². The van der Waals surface area contributed by atoms with Gasteiger partial charge in [-0.05, 0) is 36.5 Å². The summed E-state index contributed by atoms with van der Waals surface area (Å²) in [7, 11) is 0. The van der Waals surface area contributed by atoms with E-state index in [-0.39, 0.29) is 0 Å². The average molecular weight is 294 g/mol. The lowest BCUT2D eigenvalue weighted by Gasteiger charge is -2.23. The molecule has 3 heterocycles. The van der Waals surface area contributed by atoms with Crippen LogP contribution < -0.4 is 4.90 Å². The molecule has 22 heavy (non-hydrogen) atoms. The Bertz CT molecular complexity index is 624. The Kier molecular flexibility index (Phi) is 3.77. The van der Waals surface area contributed by atoms with Crippen LogP contribution in [0.4, 0.5) is 5.82 Å². The Labute approximate surface area is 131 Å². The maximum absolute atomic E-state index is 4.66. The van der Waals surface area contributed by atoms with Crippen molar-refractivity contribution in [1.29, 1.82) is 0 Å². The second-order valence-electron chi connectivity index (χ2n) is 6.45. The van der Waals surface area contributed by atoms with Gasteiger partial charge in [-0.1, -0.05) is 12.1 Å². The molecule has 0 spiro atoms. The lowest BCUT2D eigenvalue weighted by atomic mass is 10.2. The first-order chi connectivity index (χ1) is 10.9. The molecule has 0 atom stereocenters. The van der Waals surface area contributed by atoms with Crippen LogP contribution in [0.15, 0.2) is 42.9 Å². The Morgan fingerprint density at radius 3 is 2.82 bits per heavy atom. The molecule has 4 heteroatoms. The van der Waals surface area contributed by atoms with Crippen LogP contribution >= 0.6 is 0 Å². The fraction of sp³-hybridized carbons (Fsp3) is 0.444. The van der Waals surface area contributed by atoms with Gasteiger partial charge in [0.05, 0.1) is 0 Å². The maximum Gasteiger partial charge on any atom is 0.133 e. The number of anilines is 1. The lowest BCUT2D eigenvalue weighted by Crippen LogP contribution is -2.32. The quantitative estimate of drug-likeness (QED) is 0.868. The van der Waals surface area contributed by atoms with Crippen LogP contribution in [-0.2, 0) is 13.1 Å². The zero-order valence-corrected chi connectivity index (χ0v) is 12.9. The topological polar surface area (TPSA) is 32.3 Å². The van der Waals surface area contributed by atoms with Crippen molar-refractivity contribution in [3.8, 4) is 0 Å². The Morgan fingerprint density at radius 2 is 2.00 bits per heavy atom. The smallest absolute Gasteiger partial charge is 0.133 e. The molecule has 2 aromatic rings. The van der Waals surface area contributed by atoms with Crippen LogP contribution in [0, 0.1) is 5.92 Å². The highest BCUT2D eigenvalue weighted by Crippen LogP contribution is 2.31. The van der Waals surface area contributed by atoms with E-state index in [1.807, 2.05) is 24.7 Å². The standard InChI is InChI=1S/C18H22N4/c1-3-16(11-19-7-1)13-22-10-9-21(12-15-5-6-15)14-17-4-2-8-20-18(17)22/h1-4,7-8,11,15H,5-6,9-10,12-14H2. The summed E-state index contributed by atoms with van der Waals surface area (Å²) in [6.07, 6.45) is 8.52. The van der Waals surface area contributed by atoms with Gasteiger partial charge < -0.3 is 4.90 Å². The fourth-order valence-corrected chi connectivity index (χ4v) is 3.21. The Morgan fingerprint density at radius 1 is 1.09 bits per heavy atom. The second kappa shape index (κ2) is 6.05. The first-order valence-corrected chi connectivity index (χ1v) is 8.18. The summed E-state index contributed by atoms with van der Waals surface area (Å²) in [6, 6.07) is 8.43. The molecule has 1 saturated carbocycles. The van der Waals surface area contributed by atoms with E-state index in [1.165, 1.54) is 30.5 Å². The highest BCUT2D eigenvalue weighted by molar-refractivity contribution is 5.48. The fourth-order valence-electron chi connectivity index (χ4n) is 3.21. The zero-order chi connectivity index (χ0) is 14.8. The lowest BCUT2D eigenvalue weighted by molar-refractivity contribution is 0.265. The second-order valence-corrected chi connectivity index (χ2v) is 6.45. The molecule has 0 saturated heterocycles. The molecule has 1 fully saturated rings. The van der Waals surface area contributed by atoms with E-state index in [2.05, 4.69) is 38.0 Å². The van der Waals surface area contributed by atoms with Gasteiger partial charge in [0.25, 0.3) is 0 Å². The van der Waals surface area contributed by atoms with Gasteiger partial charge >= 0.3 is 0 Å². The molecular formula is C18H22N4. The molecule has 4 nitrogen and oxygen atoms in total. The molecule has 0 radical (unpaired) electrons. The van der Waals surface area contributed by atoms with Crippen LogP contribution in [0.25, 0.3) is 0 Å². The van der Waals surface area contributed by atoms with Crippen LogP contribution in [0.5, 0.6) is 0 Å². The van der Waals surface area contributed by atoms with Gasteiger partial charge in [0.15, 0.2) is 0 Å². The van der Waals surface area contributed by atoms with Gasteiger partial charge in [-0.15, -0.1) is 0 Å². The van der Waals surface area contributed by atoms with Gasteiger partial charge in [-0.2, -0.15) is 0 Å². The number of aromatic nitrogens is 2. The number of hydrogen-bond acceptors (Lipinski definition) is 4. The third kappa shape index (κ3) is 3.12. The highest BCUT2D eigenvalue weighted by atomic mass is 15.3. The third-order valence-corrected chi connectivity index (χ3v) is 4.56. The van der Waals surface area contributed by atoms with Crippen molar-refractivity contribution in [1.82, 2.24) is 14.9 Å². The summed E-state index contributed by atoms with van der Waals surface area (Å²) in [5.41, 5.74) is 2.60. The predicted molar refractivity (Wildman–Crippen MR) is 87.5 cm³/mol. The molecule has 4 rings (SSSR count). The summed E-state index contributed by atoms with van der Waals surface area (Å²) in [5.74, 6) is 2.08. The molecule has 0 unspecified atom stereocenters. The monoisotopic (exact) mass is 294 g/mol. The number of rotatable bonds is 4. The summed E-state index contributed by atoms with van der Waals surface area (Å²) in [5, 5.41) is 0. The average Bonchev–Trinajstić information content (AvgIpc) is 3.38. The molecular weight excluding hydrogens is 272 g/mol. The minimum Gasteiger partial charge on any atom is -0.351 e. The molecule has 2 aliphatic rings. The van der Waals surface area contributed by atoms with Crippen molar-refractivity contribution in [3.63, 3.8) is 0 Å². The summed E-state index contributed by atoms with van der Waals surface area (Å²) in [6.45, 7) is 5.31. The van der Waals surface area contributed by atoms with Crippen molar-refractivity contribution < 1.29 is 0 Å². The van der Waals surface area contributed by atoms with Gasteiger partial charge in [0.2, 0.25) is 0 Å². The van der Waals surface area contributed by atoms with Crippen LogP contribution in [-0.4, -0.2) is 34.5 Å². The summed E-state index contributed by atoms with van der Waals surface area (Å²) < 4.78 is 0. The van der Waals surface area contributed by atoms with E-state index < -0.39 is 0 Å². The summed E-state index contributed by atoms with van der Waals surface area (Å²) in [4.78, 5) is 13.9. The van der Waals surface area contributed by atoms with E-state index in [1.54, 1.807) is 0 Å². The number of fused-ring (bicyclic) bond motifs is 1. The van der Waals surface area contributed by atoms with Gasteiger partial charge in [0, 0.05) is 56.9 Å². The van der Waals surface area contributed by atoms with E-state index in [0.717, 1.165) is 37.9 Å². The SMILES string of the molecule is c1cncc(CN2CCN(CC3CC3)Cc3cccnc32)c1. The molecule has 1 aliphatic heterocycles. The first-order valence-electron chi connectivity index (χ1n) is 8.18. The predicted octanol–water partition coefficient (Wildman–Crippen LogP) is 2.71. The van der Waals surface area contributed by atoms with E-state index in [4.69, 9.17) is 0 Å². The minimum absolute atomic E-state index is 0.884. The third-order valence-electron chi connectivity index (χ3n) is 4.56. The molecule has 114 valence electrons. The first kappa shape index (κ1) is 13.7. The zero-order valence-electron chi connectivity index (χ0n) is 12.9. The molecule has 0 bridgehead atoms. The van der Waals surface area contributed by atoms with Crippen LogP contribution in [0.3, 0.4) is 0 Å². The van der Waals surface area contributed by atoms with Gasteiger partial charge in [-0.25, -0.2) is 4.98 Å². The van der Waals surface area contributed by atoms with E-state index in [9.17, 15) is 0 Å². The van der Waals surface area contributed by atoms with Gasteiger partial charge in [-0.3, -0.25) is 9.88 Å². The molecule has 0 aromatic carbocycles. The van der Waals surface area contributed by atoms with E-state index in [0.29, 0.717) is 0 Å². The molecule has 2 aromatic heterocycles. The largest absolute Gasteiger partial charge is 0.351 e. The van der Waals surface area contributed by atoms with Crippen molar-refractivity contribution in [2.75, 3.05) is 24.5 Å². The number of pyridine rings is 2. The normalized spacial score (nSPS) is 18.8. The van der Waals surface area contributed by atoms with E-state index >= 15 is 0 Å². The van der Waals surface area contributed by atoms with Crippen molar-refractivity contribution in [2.24, 2.45) is 5.92 Å². The van der Waals surface area contributed by atoms with Crippen molar-refractivity contribution in [3.05, 3.63) is 54.0 Å². The minimum atomic E-state index is 0.884. The Balaban J connectivity index is 1.56. The molecule has 0 amide bonds. The number of hydrogen-bond donors (Lipinski definition) is 0. The Hall–Kier alpha value is -1.94. The van der Waals surface area contributed by atoms with Crippen LogP contribution in [0.1, 0.15) is 24.0 Å². The van der Waals surface area contributed by atoms with Gasteiger partial charge in [0.1, 0.15) is 5.82 Å². The van der Waals surface area contributed by atoms with Crippen molar-refractivity contribution >= 4 is 5.82 Å². The molecule has 1 aliphatic carbocycles. The summed E-state index contributed by atoms with van der Waals surface area (Å²) >= 11 is 0. The highest BCUT2D eigenvalue weighted by Gasteiger charge is 2.27. The van der Waals surface area contributed by atoms with Crippen molar-refractivity contribution in [2.45, 2.75) is 25.9 Å².